The molecule has 0 aromatic heterocycles. The van der Waals surface area contributed by atoms with Gasteiger partial charge in [0.15, 0.2) is 9.84 Å². The molecule has 0 aliphatic carbocycles. The van der Waals surface area contributed by atoms with E-state index in [1.807, 2.05) is 0 Å². The Morgan fingerprint density at radius 2 is 1.83 bits per heavy atom. The number of ether oxygens (including phenoxy) is 1. The molecule has 24 heavy (non-hydrogen) atoms. The molecule has 2 aromatic carbocycles. The van der Waals surface area contributed by atoms with Crippen LogP contribution in [0.15, 0.2) is 47.4 Å². The van der Waals surface area contributed by atoms with Crippen LogP contribution in [0.5, 0.6) is 5.75 Å². The number of methoxy groups -OCH3 is 1. The van der Waals surface area contributed by atoms with Crippen LogP contribution in [0.2, 0.25) is 10.0 Å². The van der Waals surface area contributed by atoms with Gasteiger partial charge >= 0.3 is 0 Å². The summed E-state index contributed by atoms with van der Waals surface area (Å²) in [5, 5.41) is 3.16. The van der Waals surface area contributed by atoms with E-state index in [1.54, 1.807) is 24.3 Å². The second-order valence-electron chi connectivity index (χ2n) is 4.89. The smallest absolute Gasteiger partial charge is 0.225 e. The lowest BCUT2D eigenvalue weighted by atomic mass is 10.3. The Hall–Kier alpha value is -1.76. The van der Waals surface area contributed by atoms with Crippen LogP contribution in [0.25, 0.3) is 0 Å². The predicted octanol–water partition coefficient (Wildman–Crippen LogP) is 3.80. The number of carbonyl (C=O) groups excluding carboxylic acids is 1. The Labute approximate surface area is 150 Å². The Morgan fingerprint density at radius 1 is 1.12 bits per heavy atom. The van der Waals surface area contributed by atoms with Gasteiger partial charge in [-0.05, 0) is 30.3 Å². The third kappa shape index (κ3) is 4.63. The van der Waals surface area contributed by atoms with Crippen LogP contribution in [-0.4, -0.2) is 27.2 Å². The molecule has 2 aromatic rings. The van der Waals surface area contributed by atoms with Crippen molar-refractivity contribution < 1.29 is 17.9 Å². The monoisotopic (exact) mass is 387 g/mol. The first-order chi connectivity index (χ1) is 11.3. The molecule has 0 radical (unpaired) electrons. The summed E-state index contributed by atoms with van der Waals surface area (Å²) >= 11 is 11.9. The number of hydrogen-bond donors (Lipinski definition) is 1. The molecule has 0 spiro atoms. The van der Waals surface area contributed by atoms with Crippen LogP contribution in [0.1, 0.15) is 6.42 Å². The van der Waals surface area contributed by atoms with Crippen molar-refractivity contribution in [1.29, 1.82) is 0 Å². The van der Waals surface area contributed by atoms with E-state index in [4.69, 9.17) is 27.9 Å². The van der Waals surface area contributed by atoms with E-state index < -0.39 is 15.7 Å². The summed E-state index contributed by atoms with van der Waals surface area (Å²) in [6.07, 6.45) is -0.197. The molecule has 0 heterocycles. The fourth-order valence-corrected chi connectivity index (χ4v) is 3.73. The van der Waals surface area contributed by atoms with Gasteiger partial charge in [0, 0.05) is 6.42 Å². The van der Waals surface area contributed by atoms with Crippen molar-refractivity contribution in [3.63, 3.8) is 0 Å². The van der Waals surface area contributed by atoms with Gasteiger partial charge in [0.05, 0.1) is 33.5 Å². The molecule has 0 saturated heterocycles. The van der Waals surface area contributed by atoms with Crippen LogP contribution >= 0.6 is 23.2 Å². The number of hydrogen-bond acceptors (Lipinski definition) is 4. The number of rotatable bonds is 6. The summed E-state index contributed by atoms with van der Waals surface area (Å²) in [5.41, 5.74) is 0.439. The maximum absolute atomic E-state index is 12.3. The van der Waals surface area contributed by atoms with Crippen molar-refractivity contribution in [1.82, 2.24) is 0 Å². The minimum atomic E-state index is -3.64. The first-order valence-electron chi connectivity index (χ1n) is 6.94. The van der Waals surface area contributed by atoms with Crippen molar-refractivity contribution in [2.45, 2.75) is 11.3 Å². The molecule has 0 saturated carbocycles. The number of amides is 1. The standard InChI is InChI=1S/C16H15Cl2NO4S/c1-23-15-7-6-11(10-13(15)18)24(21,22)9-8-16(20)19-14-5-3-2-4-12(14)17/h2-7,10H,8-9H2,1H3,(H,19,20). The van der Waals surface area contributed by atoms with Crippen molar-refractivity contribution in [3.8, 4) is 5.75 Å². The van der Waals surface area contributed by atoms with Gasteiger partial charge in [-0.3, -0.25) is 4.79 Å². The highest BCUT2D eigenvalue weighted by atomic mass is 35.5. The molecule has 0 aliphatic heterocycles. The highest BCUT2D eigenvalue weighted by molar-refractivity contribution is 7.91. The topological polar surface area (TPSA) is 72.5 Å². The van der Waals surface area contributed by atoms with E-state index >= 15 is 0 Å². The molecule has 0 bridgehead atoms. The lowest BCUT2D eigenvalue weighted by Gasteiger charge is -2.09. The van der Waals surface area contributed by atoms with E-state index in [0.29, 0.717) is 16.5 Å². The fourth-order valence-electron chi connectivity index (χ4n) is 1.96. The first-order valence-corrected chi connectivity index (χ1v) is 9.35. The molecular weight excluding hydrogens is 373 g/mol. The van der Waals surface area contributed by atoms with E-state index in [-0.39, 0.29) is 22.1 Å². The SMILES string of the molecule is COc1ccc(S(=O)(=O)CCC(=O)Nc2ccccc2Cl)cc1Cl. The summed E-state index contributed by atoms with van der Waals surface area (Å²) in [6.45, 7) is 0. The molecule has 1 N–H and O–H groups in total. The Balaban J connectivity index is 2.03. The number of nitrogens with one attached hydrogen (secondary N) is 1. The maximum atomic E-state index is 12.3. The molecule has 0 unspecified atom stereocenters. The summed E-state index contributed by atoms with van der Waals surface area (Å²) in [5.74, 6) is -0.398. The van der Waals surface area contributed by atoms with E-state index in [9.17, 15) is 13.2 Å². The second kappa shape index (κ2) is 7.88. The molecule has 8 heteroatoms. The molecule has 5 nitrogen and oxygen atoms in total. The van der Waals surface area contributed by atoms with Gasteiger partial charge in [-0.2, -0.15) is 0 Å². The number of carbonyl (C=O) groups is 1. The molecule has 0 atom stereocenters. The second-order valence-corrected chi connectivity index (χ2v) is 7.82. The largest absolute Gasteiger partial charge is 0.495 e. The number of anilines is 1. The van der Waals surface area contributed by atoms with Crippen LogP contribution < -0.4 is 10.1 Å². The lowest BCUT2D eigenvalue weighted by Crippen LogP contribution is -2.17. The molecular formula is C16H15Cl2NO4S. The highest BCUT2D eigenvalue weighted by Gasteiger charge is 2.18. The van der Waals surface area contributed by atoms with Crippen molar-refractivity contribution in [2.24, 2.45) is 0 Å². The minimum Gasteiger partial charge on any atom is -0.495 e. The van der Waals surface area contributed by atoms with E-state index in [2.05, 4.69) is 5.32 Å². The summed E-state index contributed by atoms with van der Waals surface area (Å²) in [4.78, 5) is 12.0. The van der Waals surface area contributed by atoms with Gasteiger partial charge in [0.2, 0.25) is 5.91 Å². The lowest BCUT2D eigenvalue weighted by molar-refractivity contribution is -0.115. The normalized spacial score (nSPS) is 11.1. The van der Waals surface area contributed by atoms with Gasteiger partial charge < -0.3 is 10.1 Å². The zero-order chi connectivity index (χ0) is 17.7. The number of sulfone groups is 1. The Kier molecular flexibility index (Phi) is 6.10. The van der Waals surface area contributed by atoms with Gasteiger partial charge in [-0.1, -0.05) is 35.3 Å². The molecule has 2 rings (SSSR count). The third-order valence-corrected chi connectivity index (χ3v) is 5.57. The quantitative estimate of drug-likeness (QED) is 0.817. The van der Waals surface area contributed by atoms with Gasteiger partial charge in [-0.25, -0.2) is 8.42 Å². The summed E-state index contributed by atoms with van der Waals surface area (Å²) < 4.78 is 29.6. The average Bonchev–Trinajstić information content (AvgIpc) is 2.55. The van der Waals surface area contributed by atoms with Crippen LogP contribution in [-0.2, 0) is 14.6 Å². The third-order valence-electron chi connectivity index (χ3n) is 3.23. The summed E-state index contributed by atoms with van der Waals surface area (Å²) in [7, 11) is -2.20. The average molecular weight is 388 g/mol. The fraction of sp³-hybridized carbons (Fsp3) is 0.188. The number of benzene rings is 2. The van der Waals surface area contributed by atoms with Gasteiger partial charge in [0.1, 0.15) is 5.75 Å². The summed E-state index contributed by atoms with van der Waals surface area (Å²) in [6, 6.07) is 10.9. The van der Waals surface area contributed by atoms with Crippen LogP contribution in [0.4, 0.5) is 5.69 Å². The van der Waals surface area contributed by atoms with Crippen LogP contribution in [0.3, 0.4) is 0 Å². The van der Waals surface area contributed by atoms with Crippen molar-refractivity contribution in [2.75, 3.05) is 18.2 Å². The zero-order valence-electron chi connectivity index (χ0n) is 12.8. The maximum Gasteiger partial charge on any atom is 0.225 e. The van der Waals surface area contributed by atoms with E-state index in [0.717, 1.165) is 0 Å². The van der Waals surface area contributed by atoms with Crippen molar-refractivity contribution >= 4 is 44.6 Å². The van der Waals surface area contributed by atoms with Gasteiger partial charge in [0.25, 0.3) is 0 Å². The molecule has 1 amide bonds. The predicted molar refractivity (Wildman–Crippen MR) is 94.8 cm³/mol. The van der Waals surface area contributed by atoms with E-state index in [1.165, 1.54) is 25.3 Å². The Bertz CT molecular complexity index is 853. The minimum absolute atomic E-state index is 0.0406. The molecule has 0 fully saturated rings. The molecule has 128 valence electrons. The zero-order valence-corrected chi connectivity index (χ0v) is 15.1. The first kappa shape index (κ1) is 18.6. The highest BCUT2D eigenvalue weighted by Crippen LogP contribution is 2.27. The van der Waals surface area contributed by atoms with Crippen LogP contribution in [0, 0.1) is 0 Å². The molecule has 0 aliphatic rings. The number of halogens is 2. The van der Waals surface area contributed by atoms with Crippen molar-refractivity contribution in [3.05, 3.63) is 52.5 Å². The number of para-hydroxylation sites is 1. The Morgan fingerprint density at radius 3 is 2.46 bits per heavy atom. The van der Waals surface area contributed by atoms with Gasteiger partial charge in [-0.15, -0.1) is 0 Å².